The zero-order chi connectivity index (χ0) is 12.4. The first kappa shape index (κ1) is 11.8. The highest BCUT2D eigenvalue weighted by molar-refractivity contribution is 9.10. The Morgan fingerprint density at radius 1 is 1.33 bits per heavy atom. The largest absolute Gasteiger partial charge is 0.421 e. The lowest BCUT2D eigenvalue weighted by Crippen LogP contribution is -2.19. The fraction of sp³-hybridized carbons (Fsp3) is 0.417. The molecule has 1 N–H and O–H groups in total. The van der Waals surface area contributed by atoms with Crippen LogP contribution in [0.5, 0.6) is 0 Å². The Balaban J connectivity index is 1.64. The van der Waals surface area contributed by atoms with Gasteiger partial charge in [0.05, 0.1) is 5.56 Å². The van der Waals surface area contributed by atoms with Crippen molar-refractivity contribution in [2.24, 2.45) is 0 Å². The van der Waals surface area contributed by atoms with Crippen LogP contribution in [0.2, 0.25) is 0 Å². The average molecular weight is 309 g/mol. The van der Waals surface area contributed by atoms with Crippen molar-refractivity contribution in [2.45, 2.75) is 25.3 Å². The third-order valence-corrected chi connectivity index (χ3v) is 3.20. The molecule has 6 heteroatoms. The lowest BCUT2D eigenvalue weighted by molar-refractivity contribution is 0.494. The van der Waals surface area contributed by atoms with Gasteiger partial charge in [-0.05, 0) is 34.8 Å². The van der Waals surface area contributed by atoms with Crippen LogP contribution in [-0.2, 0) is 6.42 Å². The fourth-order valence-electron chi connectivity index (χ4n) is 1.67. The van der Waals surface area contributed by atoms with Crippen molar-refractivity contribution < 1.29 is 4.42 Å². The van der Waals surface area contributed by atoms with Crippen LogP contribution in [0.25, 0.3) is 11.5 Å². The van der Waals surface area contributed by atoms with E-state index in [9.17, 15) is 0 Å². The smallest absolute Gasteiger partial charge is 0.249 e. The number of pyridine rings is 1. The van der Waals surface area contributed by atoms with Gasteiger partial charge in [-0.15, -0.1) is 10.2 Å². The quantitative estimate of drug-likeness (QED) is 0.917. The van der Waals surface area contributed by atoms with E-state index in [0.29, 0.717) is 17.8 Å². The minimum atomic E-state index is 0.519. The van der Waals surface area contributed by atoms with E-state index in [1.54, 1.807) is 12.4 Å². The van der Waals surface area contributed by atoms with Gasteiger partial charge in [-0.1, -0.05) is 0 Å². The monoisotopic (exact) mass is 308 g/mol. The van der Waals surface area contributed by atoms with Crippen molar-refractivity contribution in [3.63, 3.8) is 0 Å². The summed E-state index contributed by atoms with van der Waals surface area (Å²) in [5.41, 5.74) is 0.832. The van der Waals surface area contributed by atoms with Crippen molar-refractivity contribution in [2.75, 3.05) is 6.54 Å². The summed E-state index contributed by atoms with van der Waals surface area (Å²) in [5, 5.41) is 11.5. The predicted octanol–water partition coefficient (Wildman–Crippen LogP) is 2.19. The molecule has 0 radical (unpaired) electrons. The second-order valence-electron chi connectivity index (χ2n) is 4.37. The Morgan fingerprint density at radius 2 is 2.22 bits per heavy atom. The van der Waals surface area contributed by atoms with Crippen molar-refractivity contribution in [3.8, 4) is 11.5 Å². The third-order valence-electron chi connectivity index (χ3n) is 2.77. The number of hydrogen-bond acceptors (Lipinski definition) is 5. The molecule has 3 rings (SSSR count). The zero-order valence-electron chi connectivity index (χ0n) is 9.77. The number of rotatable bonds is 5. The Labute approximate surface area is 113 Å². The predicted molar refractivity (Wildman–Crippen MR) is 70.0 cm³/mol. The molecule has 18 heavy (non-hydrogen) atoms. The van der Waals surface area contributed by atoms with Crippen molar-refractivity contribution in [3.05, 3.63) is 28.8 Å². The molecule has 2 aromatic heterocycles. The van der Waals surface area contributed by atoms with Crippen LogP contribution in [0.15, 0.2) is 27.3 Å². The molecule has 0 spiro atoms. The van der Waals surface area contributed by atoms with Crippen LogP contribution in [0, 0.1) is 0 Å². The first-order chi connectivity index (χ1) is 8.81. The molecule has 0 aromatic carbocycles. The molecule has 1 aliphatic rings. The first-order valence-electron chi connectivity index (χ1n) is 5.98. The minimum absolute atomic E-state index is 0.519. The van der Waals surface area contributed by atoms with Crippen LogP contribution < -0.4 is 5.32 Å². The molecule has 94 valence electrons. The van der Waals surface area contributed by atoms with Crippen molar-refractivity contribution in [1.82, 2.24) is 20.5 Å². The van der Waals surface area contributed by atoms with E-state index in [1.807, 2.05) is 6.07 Å². The second kappa shape index (κ2) is 5.16. The van der Waals surface area contributed by atoms with Gasteiger partial charge in [-0.3, -0.25) is 4.98 Å². The highest BCUT2D eigenvalue weighted by Gasteiger charge is 2.20. The molecule has 0 amide bonds. The number of halogens is 1. The van der Waals surface area contributed by atoms with E-state index in [-0.39, 0.29) is 0 Å². The number of nitrogens with one attached hydrogen (secondary N) is 1. The fourth-order valence-corrected chi connectivity index (χ4v) is 2.04. The molecule has 1 fully saturated rings. The molecule has 1 aliphatic carbocycles. The highest BCUT2D eigenvalue weighted by atomic mass is 79.9. The summed E-state index contributed by atoms with van der Waals surface area (Å²) in [6, 6.07) is 2.62. The second-order valence-corrected chi connectivity index (χ2v) is 5.29. The average Bonchev–Trinajstić information content (AvgIpc) is 3.06. The molecule has 0 aliphatic heterocycles. The van der Waals surface area contributed by atoms with Crippen LogP contribution in [-0.4, -0.2) is 27.8 Å². The number of aromatic nitrogens is 3. The lowest BCUT2D eigenvalue weighted by atomic mass is 10.3. The molecule has 2 aromatic rings. The van der Waals surface area contributed by atoms with Crippen molar-refractivity contribution in [1.29, 1.82) is 0 Å². The van der Waals surface area contributed by atoms with Crippen LogP contribution >= 0.6 is 15.9 Å². The van der Waals surface area contributed by atoms with Gasteiger partial charge >= 0.3 is 0 Å². The van der Waals surface area contributed by atoms with E-state index in [2.05, 4.69) is 36.4 Å². The van der Waals surface area contributed by atoms with Gasteiger partial charge in [0, 0.05) is 35.9 Å². The summed E-state index contributed by atoms with van der Waals surface area (Å²) in [4.78, 5) is 4.08. The van der Waals surface area contributed by atoms with Gasteiger partial charge in [0.25, 0.3) is 0 Å². The number of nitrogens with zero attached hydrogens (tertiary/aromatic N) is 3. The molecule has 0 saturated heterocycles. The van der Waals surface area contributed by atoms with E-state index < -0.39 is 0 Å². The molecule has 2 heterocycles. The molecule has 0 unspecified atom stereocenters. The Hall–Kier alpha value is -1.27. The van der Waals surface area contributed by atoms with Gasteiger partial charge in [0.1, 0.15) is 0 Å². The molecular formula is C12H13BrN4O. The summed E-state index contributed by atoms with van der Waals surface area (Å²) in [6.45, 7) is 0.892. The summed E-state index contributed by atoms with van der Waals surface area (Å²) in [7, 11) is 0. The van der Waals surface area contributed by atoms with Gasteiger partial charge < -0.3 is 9.73 Å². The normalized spacial score (nSPS) is 14.9. The number of hydrogen-bond donors (Lipinski definition) is 1. The van der Waals surface area contributed by atoms with Crippen molar-refractivity contribution >= 4 is 15.9 Å². The standard InChI is InChI=1S/C12H13BrN4O/c13-9-5-8(6-14-7-9)12-17-16-11(18-12)3-4-15-10-1-2-10/h5-7,10,15H,1-4H2. The summed E-state index contributed by atoms with van der Waals surface area (Å²) in [6.07, 6.45) is 6.79. The highest BCUT2D eigenvalue weighted by Crippen LogP contribution is 2.21. The van der Waals surface area contributed by atoms with Gasteiger partial charge in [-0.2, -0.15) is 0 Å². The molecular weight excluding hydrogens is 296 g/mol. The Morgan fingerprint density at radius 3 is 3.00 bits per heavy atom. The molecule has 0 bridgehead atoms. The maximum Gasteiger partial charge on any atom is 0.249 e. The Bertz CT molecular complexity index is 538. The molecule has 5 nitrogen and oxygen atoms in total. The summed E-state index contributed by atoms with van der Waals surface area (Å²) < 4.78 is 6.50. The minimum Gasteiger partial charge on any atom is -0.421 e. The Kier molecular flexibility index (Phi) is 3.38. The maximum atomic E-state index is 5.60. The van der Waals surface area contributed by atoms with Crippen LogP contribution in [0.3, 0.4) is 0 Å². The van der Waals surface area contributed by atoms with Gasteiger partial charge in [0.2, 0.25) is 11.8 Å². The SMILES string of the molecule is Brc1cncc(-c2nnc(CCNC3CC3)o2)c1. The third kappa shape index (κ3) is 2.94. The summed E-state index contributed by atoms with van der Waals surface area (Å²) in [5.74, 6) is 1.18. The maximum absolute atomic E-state index is 5.60. The van der Waals surface area contributed by atoms with Crippen LogP contribution in [0.1, 0.15) is 18.7 Å². The zero-order valence-corrected chi connectivity index (χ0v) is 11.4. The topological polar surface area (TPSA) is 63.8 Å². The van der Waals surface area contributed by atoms with E-state index in [1.165, 1.54) is 12.8 Å². The van der Waals surface area contributed by atoms with E-state index >= 15 is 0 Å². The lowest BCUT2D eigenvalue weighted by Gasteiger charge is -1.98. The van der Waals surface area contributed by atoms with Crippen LogP contribution in [0.4, 0.5) is 0 Å². The first-order valence-corrected chi connectivity index (χ1v) is 6.77. The van der Waals surface area contributed by atoms with E-state index in [4.69, 9.17) is 4.42 Å². The van der Waals surface area contributed by atoms with E-state index in [0.717, 1.165) is 23.0 Å². The summed E-state index contributed by atoms with van der Waals surface area (Å²) >= 11 is 3.37. The molecule has 1 saturated carbocycles. The molecule has 0 atom stereocenters. The van der Waals surface area contributed by atoms with Gasteiger partial charge in [0.15, 0.2) is 0 Å². The van der Waals surface area contributed by atoms with Gasteiger partial charge in [-0.25, -0.2) is 0 Å².